The van der Waals surface area contributed by atoms with Gasteiger partial charge in [-0.15, -0.1) is 5.10 Å². The van der Waals surface area contributed by atoms with E-state index in [9.17, 15) is 8.42 Å². The van der Waals surface area contributed by atoms with Gasteiger partial charge in [0.2, 0.25) is 5.03 Å². The molecule has 0 N–H and O–H groups in total. The van der Waals surface area contributed by atoms with E-state index in [-0.39, 0.29) is 5.03 Å². The van der Waals surface area contributed by atoms with E-state index in [4.69, 9.17) is 0 Å². The Bertz CT molecular complexity index is 886. The second-order valence-corrected chi connectivity index (χ2v) is 7.26. The SMILES string of the molecule is CN(c1cnn(C)c1)S(=O)(=O)c1nnsc1-c1ccccc1. The molecule has 0 aliphatic carbocycles. The Morgan fingerprint density at radius 2 is 1.95 bits per heavy atom. The van der Waals surface area contributed by atoms with E-state index in [0.29, 0.717) is 10.6 Å². The van der Waals surface area contributed by atoms with E-state index in [2.05, 4.69) is 14.7 Å². The highest BCUT2D eigenvalue weighted by Gasteiger charge is 2.29. The van der Waals surface area contributed by atoms with Gasteiger partial charge >= 0.3 is 0 Å². The van der Waals surface area contributed by atoms with Crippen LogP contribution in [-0.2, 0) is 17.1 Å². The zero-order valence-electron chi connectivity index (χ0n) is 11.9. The quantitative estimate of drug-likeness (QED) is 0.726. The summed E-state index contributed by atoms with van der Waals surface area (Å²) in [6.45, 7) is 0. The standard InChI is InChI=1S/C13H13N5O2S2/c1-17-9-11(8-14-17)18(2)22(19,20)13-12(21-16-15-13)10-6-4-3-5-7-10/h3-9H,1-2H3. The summed E-state index contributed by atoms with van der Waals surface area (Å²) in [5.74, 6) is 0. The fourth-order valence-electron chi connectivity index (χ4n) is 1.96. The Hall–Kier alpha value is -2.26. The molecule has 0 radical (unpaired) electrons. The molecule has 114 valence electrons. The molecule has 0 saturated heterocycles. The fraction of sp³-hybridized carbons (Fsp3) is 0.154. The molecule has 2 heterocycles. The number of aromatic nitrogens is 4. The summed E-state index contributed by atoms with van der Waals surface area (Å²) in [5, 5.41) is 7.77. The number of nitrogens with zero attached hydrogens (tertiary/aromatic N) is 5. The monoisotopic (exact) mass is 335 g/mol. The molecule has 0 saturated carbocycles. The maximum atomic E-state index is 12.8. The molecule has 3 aromatic rings. The third kappa shape index (κ3) is 2.48. The van der Waals surface area contributed by atoms with Crippen molar-refractivity contribution in [3.63, 3.8) is 0 Å². The Morgan fingerprint density at radius 1 is 1.23 bits per heavy atom. The number of hydrogen-bond acceptors (Lipinski definition) is 6. The number of rotatable bonds is 4. The molecular weight excluding hydrogens is 322 g/mol. The van der Waals surface area contributed by atoms with Crippen LogP contribution in [0.4, 0.5) is 5.69 Å². The highest BCUT2D eigenvalue weighted by atomic mass is 32.2. The molecular formula is C13H13N5O2S2. The lowest BCUT2D eigenvalue weighted by Gasteiger charge is -2.16. The number of anilines is 1. The Morgan fingerprint density at radius 3 is 2.59 bits per heavy atom. The van der Waals surface area contributed by atoms with Crippen LogP contribution >= 0.6 is 11.5 Å². The van der Waals surface area contributed by atoms with Crippen molar-refractivity contribution in [2.45, 2.75) is 5.03 Å². The molecule has 0 fully saturated rings. The van der Waals surface area contributed by atoms with Gasteiger partial charge in [-0.25, -0.2) is 0 Å². The molecule has 2 aromatic heterocycles. The zero-order valence-corrected chi connectivity index (χ0v) is 13.5. The fourth-order valence-corrected chi connectivity index (χ4v) is 4.13. The lowest BCUT2D eigenvalue weighted by Crippen LogP contribution is -2.27. The number of sulfonamides is 1. The lowest BCUT2D eigenvalue weighted by molar-refractivity contribution is 0.590. The van der Waals surface area contributed by atoms with Crippen LogP contribution in [0.3, 0.4) is 0 Å². The van der Waals surface area contributed by atoms with Crippen LogP contribution < -0.4 is 4.31 Å². The zero-order chi connectivity index (χ0) is 15.7. The van der Waals surface area contributed by atoms with E-state index in [1.54, 1.807) is 17.9 Å². The molecule has 0 aliphatic rings. The first kappa shape index (κ1) is 14.7. The average Bonchev–Trinajstić information content (AvgIpc) is 3.16. The molecule has 0 unspecified atom stereocenters. The van der Waals surface area contributed by atoms with Gasteiger partial charge in [0.25, 0.3) is 10.0 Å². The van der Waals surface area contributed by atoms with Crippen molar-refractivity contribution >= 4 is 27.2 Å². The summed E-state index contributed by atoms with van der Waals surface area (Å²) in [6.07, 6.45) is 3.11. The van der Waals surface area contributed by atoms with E-state index in [1.165, 1.54) is 13.2 Å². The second kappa shape index (κ2) is 5.50. The van der Waals surface area contributed by atoms with E-state index >= 15 is 0 Å². The van der Waals surface area contributed by atoms with Gasteiger partial charge in [-0.2, -0.15) is 13.5 Å². The lowest BCUT2D eigenvalue weighted by atomic mass is 10.2. The van der Waals surface area contributed by atoms with Gasteiger partial charge in [-0.3, -0.25) is 8.99 Å². The molecule has 1 aromatic carbocycles. The van der Waals surface area contributed by atoms with Crippen molar-refractivity contribution in [1.29, 1.82) is 0 Å². The molecule has 7 nitrogen and oxygen atoms in total. The second-order valence-electron chi connectivity index (χ2n) is 4.62. The molecule has 22 heavy (non-hydrogen) atoms. The molecule has 9 heteroatoms. The average molecular weight is 335 g/mol. The van der Waals surface area contributed by atoms with Crippen molar-refractivity contribution < 1.29 is 8.42 Å². The summed E-state index contributed by atoms with van der Waals surface area (Å²) in [7, 11) is -0.599. The van der Waals surface area contributed by atoms with Crippen molar-refractivity contribution in [1.82, 2.24) is 19.4 Å². The third-order valence-electron chi connectivity index (χ3n) is 3.15. The molecule has 0 bridgehead atoms. The number of benzene rings is 1. The number of hydrogen-bond donors (Lipinski definition) is 0. The van der Waals surface area contributed by atoms with Crippen LogP contribution in [0.1, 0.15) is 0 Å². The van der Waals surface area contributed by atoms with Gasteiger partial charge in [0.05, 0.1) is 16.8 Å². The summed E-state index contributed by atoms with van der Waals surface area (Å²) >= 11 is 1.06. The van der Waals surface area contributed by atoms with Crippen molar-refractivity contribution in [2.75, 3.05) is 11.4 Å². The maximum absolute atomic E-state index is 12.8. The summed E-state index contributed by atoms with van der Waals surface area (Å²) in [6, 6.07) is 9.22. The normalized spacial score (nSPS) is 11.5. The van der Waals surface area contributed by atoms with Crippen molar-refractivity contribution in [2.24, 2.45) is 7.05 Å². The van der Waals surface area contributed by atoms with Crippen LogP contribution in [-0.4, -0.2) is 34.8 Å². The number of aryl methyl sites for hydroxylation is 1. The summed E-state index contributed by atoms with van der Waals surface area (Å²) in [4.78, 5) is 0.524. The minimum atomic E-state index is -3.80. The Kier molecular flexibility index (Phi) is 3.67. The predicted molar refractivity (Wildman–Crippen MR) is 84.1 cm³/mol. The highest BCUT2D eigenvalue weighted by molar-refractivity contribution is 7.93. The van der Waals surface area contributed by atoms with Gasteiger partial charge in [0.15, 0.2) is 0 Å². The highest BCUT2D eigenvalue weighted by Crippen LogP contribution is 2.31. The predicted octanol–water partition coefficient (Wildman–Crippen LogP) is 1.76. The van der Waals surface area contributed by atoms with E-state index < -0.39 is 10.0 Å². The molecule has 0 amide bonds. The minimum Gasteiger partial charge on any atom is -0.274 e. The van der Waals surface area contributed by atoms with Gasteiger partial charge in [-0.1, -0.05) is 34.8 Å². The maximum Gasteiger partial charge on any atom is 0.285 e. The van der Waals surface area contributed by atoms with Crippen molar-refractivity contribution in [3.8, 4) is 10.4 Å². The van der Waals surface area contributed by atoms with Crippen LogP contribution in [0, 0.1) is 0 Å². The van der Waals surface area contributed by atoms with Crippen molar-refractivity contribution in [3.05, 3.63) is 42.7 Å². The first-order valence-corrected chi connectivity index (χ1v) is 8.57. The van der Waals surface area contributed by atoms with Crippen LogP contribution in [0.2, 0.25) is 0 Å². The summed E-state index contributed by atoms with van der Waals surface area (Å²) < 4.78 is 32.1. The third-order valence-corrected chi connectivity index (χ3v) is 5.76. The van der Waals surface area contributed by atoms with Crippen LogP contribution in [0.5, 0.6) is 0 Å². The minimum absolute atomic E-state index is 0.0462. The molecule has 0 atom stereocenters. The topological polar surface area (TPSA) is 81.0 Å². The van der Waals surface area contributed by atoms with Gasteiger partial charge in [-0.05, 0) is 17.1 Å². The Labute approximate surface area is 132 Å². The molecule has 0 aliphatic heterocycles. The smallest absolute Gasteiger partial charge is 0.274 e. The Balaban J connectivity index is 2.06. The van der Waals surface area contributed by atoms with E-state index in [0.717, 1.165) is 21.4 Å². The van der Waals surface area contributed by atoms with Gasteiger partial charge in [0.1, 0.15) is 0 Å². The van der Waals surface area contributed by atoms with E-state index in [1.807, 2.05) is 30.3 Å². The van der Waals surface area contributed by atoms with Gasteiger partial charge < -0.3 is 0 Å². The van der Waals surface area contributed by atoms with Gasteiger partial charge in [0, 0.05) is 20.3 Å². The summed E-state index contributed by atoms with van der Waals surface area (Å²) in [5.41, 5.74) is 1.24. The molecule has 0 spiro atoms. The first-order chi connectivity index (χ1) is 10.5. The largest absolute Gasteiger partial charge is 0.285 e. The van der Waals surface area contributed by atoms with Crippen LogP contribution in [0.15, 0.2) is 47.8 Å². The molecule has 3 rings (SSSR count). The van der Waals surface area contributed by atoms with Crippen LogP contribution in [0.25, 0.3) is 10.4 Å². The first-order valence-electron chi connectivity index (χ1n) is 6.35.